The Morgan fingerprint density at radius 1 is 1.32 bits per heavy atom. The van der Waals surface area contributed by atoms with Crippen LogP contribution in [0.25, 0.3) is 0 Å². The van der Waals surface area contributed by atoms with E-state index < -0.39 is 0 Å². The van der Waals surface area contributed by atoms with Crippen molar-refractivity contribution in [1.29, 1.82) is 0 Å². The number of hydrogen-bond donors (Lipinski definition) is 2. The standard InChI is InChI=1S/C15H18ClN3/c1-3-18-14(11-6-4-10(2)5-7-11)13-8-12(16)9-19-15(13)17/h4-9,14,18H,3H2,1-2H3,(H2,17,19). The average Bonchev–Trinajstić information content (AvgIpc) is 2.40. The molecule has 0 spiro atoms. The van der Waals surface area contributed by atoms with Crippen molar-refractivity contribution in [2.75, 3.05) is 12.3 Å². The molecule has 1 unspecified atom stereocenters. The first-order valence-corrected chi connectivity index (χ1v) is 6.70. The molecular weight excluding hydrogens is 258 g/mol. The predicted molar refractivity (Wildman–Crippen MR) is 80.4 cm³/mol. The summed E-state index contributed by atoms with van der Waals surface area (Å²) >= 11 is 6.03. The third-order valence-electron chi connectivity index (χ3n) is 3.05. The maximum Gasteiger partial charge on any atom is 0.128 e. The number of nitrogen functional groups attached to an aromatic ring is 1. The van der Waals surface area contributed by atoms with Crippen LogP contribution in [0.4, 0.5) is 5.82 Å². The molecule has 0 bridgehead atoms. The Morgan fingerprint density at radius 2 is 2.00 bits per heavy atom. The molecule has 0 fully saturated rings. The van der Waals surface area contributed by atoms with E-state index in [0.29, 0.717) is 10.8 Å². The molecule has 19 heavy (non-hydrogen) atoms. The minimum Gasteiger partial charge on any atom is -0.383 e. The van der Waals surface area contributed by atoms with Gasteiger partial charge in [-0.2, -0.15) is 0 Å². The summed E-state index contributed by atoms with van der Waals surface area (Å²) < 4.78 is 0. The van der Waals surface area contributed by atoms with Crippen molar-refractivity contribution in [2.24, 2.45) is 0 Å². The molecule has 1 atom stereocenters. The number of aryl methyl sites for hydroxylation is 1. The lowest BCUT2D eigenvalue weighted by molar-refractivity contribution is 0.630. The summed E-state index contributed by atoms with van der Waals surface area (Å²) in [6.45, 7) is 4.97. The van der Waals surface area contributed by atoms with Gasteiger partial charge in [-0.1, -0.05) is 48.4 Å². The molecule has 100 valence electrons. The van der Waals surface area contributed by atoms with E-state index in [0.717, 1.165) is 17.7 Å². The highest BCUT2D eigenvalue weighted by Gasteiger charge is 2.16. The molecule has 3 N–H and O–H groups in total. The van der Waals surface area contributed by atoms with Crippen molar-refractivity contribution >= 4 is 17.4 Å². The highest BCUT2D eigenvalue weighted by atomic mass is 35.5. The summed E-state index contributed by atoms with van der Waals surface area (Å²) in [5.74, 6) is 0.510. The number of nitrogens with two attached hydrogens (primary N) is 1. The number of rotatable bonds is 4. The minimum atomic E-state index is 0.0109. The summed E-state index contributed by atoms with van der Waals surface area (Å²) in [5, 5.41) is 4.02. The van der Waals surface area contributed by atoms with Crippen LogP contribution in [0.5, 0.6) is 0 Å². The van der Waals surface area contributed by atoms with Gasteiger partial charge in [0.05, 0.1) is 11.1 Å². The second-order valence-electron chi connectivity index (χ2n) is 4.53. The van der Waals surface area contributed by atoms with Crippen molar-refractivity contribution in [3.05, 3.63) is 58.2 Å². The zero-order chi connectivity index (χ0) is 13.8. The molecule has 1 aromatic heterocycles. The Bertz CT molecular complexity index is 552. The van der Waals surface area contributed by atoms with Gasteiger partial charge in [0.15, 0.2) is 0 Å². The molecule has 0 aliphatic carbocycles. The number of hydrogen-bond acceptors (Lipinski definition) is 3. The molecule has 3 nitrogen and oxygen atoms in total. The third kappa shape index (κ3) is 3.25. The average molecular weight is 276 g/mol. The van der Waals surface area contributed by atoms with E-state index in [1.165, 1.54) is 5.56 Å². The van der Waals surface area contributed by atoms with E-state index >= 15 is 0 Å². The molecule has 0 aliphatic heterocycles. The van der Waals surface area contributed by atoms with Gasteiger partial charge in [0.1, 0.15) is 5.82 Å². The second kappa shape index (κ2) is 6.04. The fourth-order valence-electron chi connectivity index (χ4n) is 2.07. The first kappa shape index (κ1) is 13.8. The van der Waals surface area contributed by atoms with Crippen LogP contribution in [-0.2, 0) is 0 Å². The van der Waals surface area contributed by atoms with Crippen LogP contribution in [0.3, 0.4) is 0 Å². The van der Waals surface area contributed by atoms with Gasteiger partial charge < -0.3 is 11.1 Å². The second-order valence-corrected chi connectivity index (χ2v) is 4.97. The molecule has 0 amide bonds. The van der Waals surface area contributed by atoms with Crippen molar-refractivity contribution in [2.45, 2.75) is 19.9 Å². The zero-order valence-corrected chi connectivity index (χ0v) is 11.9. The van der Waals surface area contributed by atoms with Crippen molar-refractivity contribution in [1.82, 2.24) is 10.3 Å². The lowest BCUT2D eigenvalue weighted by atomic mass is 9.98. The maximum absolute atomic E-state index is 6.03. The van der Waals surface area contributed by atoms with E-state index in [-0.39, 0.29) is 6.04 Å². The van der Waals surface area contributed by atoms with Crippen LogP contribution in [0.1, 0.15) is 29.7 Å². The largest absolute Gasteiger partial charge is 0.383 e. The molecular formula is C15H18ClN3. The van der Waals surface area contributed by atoms with Gasteiger partial charge >= 0.3 is 0 Å². The SMILES string of the molecule is CCNC(c1ccc(C)cc1)c1cc(Cl)cnc1N. The first-order chi connectivity index (χ1) is 9.11. The van der Waals surface area contributed by atoms with E-state index in [1.807, 2.05) is 6.07 Å². The van der Waals surface area contributed by atoms with E-state index in [1.54, 1.807) is 6.20 Å². The number of nitrogens with one attached hydrogen (secondary N) is 1. The fraction of sp³-hybridized carbons (Fsp3) is 0.267. The number of pyridine rings is 1. The van der Waals surface area contributed by atoms with Gasteiger partial charge in [-0.3, -0.25) is 0 Å². The number of benzene rings is 1. The van der Waals surface area contributed by atoms with Crippen LogP contribution in [-0.4, -0.2) is 11.5 Å². The lowest BCUT2D eigenvalue weighted by Crippen LogP contribution is -2.23. The first-order valence-electron chi connectivity index (χ1n) is 6.32. The maximum atomic E-state index is 6.03. The van der Waals surface area contributed by atoms with Crippen LogP contribution >= 0.6 is 11.6 Å². The van der Waals surface area contributed by atoms with Gasteiger partial charge in [-0.15, -0.1) is 0 Å². The Labute approximate surface area is 118 Å². The number of aromatic nitrogens is 1. The van der Waals surface area contributed by atoms with Gasteiger partial charge in [0, 0.05) is 11.8 Å². The van der Waals surface area contributed by atoms with Gasteiger partial charge in [0.2, 0.25) is 0 Å². The highest BCUT2D eigenvalue weighted by molar-refractivity contribution is 6.30. The number of nitrogens with zero attached hydrogens (tertiary/aromatic N) is 1. The topological polar surface area (TPSA) is 50.9 Å². The fourth-order valence-corrected chi connectivity index (χ4v) is 2.23. The molecule has 0 saturated heterocycles. The quantitative estimate of drug-likeness (QED) is 0.900. The van der Waals surface area contributed by atoms with Crippen molar-refractivity contribution < 1.29 is 0 Å². The van der Waals surface area contributed by atoms with Gasteiger partial charge in [-0.25, -0.2) is 4.98 Å². The third-order valence-corrected chi connectivity index (χ3v) is 3.25. The highest BCUT2D eigenvalue weighted by Crippen LogP contribution is 2.27. The molecule has 4 heteroatoms. The molecule has 0 aliphatic rings. The van der Waals surface area contributed by atoms with Gasteiger partial charge in [0.25, 0.3) is 0 Å². The summed E-state index contributed by atoms with van der Waals surface area (Å²) in [5.41, 5.74) is 9.28. The Kier molecular flexibility index (Phi) is 4.40. The van der Waals surface area contributed by atoms with Gasteiger partial charge in [-0.05, 0) is 25.1 Å². The summed E-state index contributed by atoms with van der Waals surface area (Å²) in [4.78, 5) is 4.13. The number of halogens is 1. The van der Waals surface area contributed by atoms with Crippen molar-refractivity contribution in [3.8, 4) is 0 Å². The van der Waals surface area contributed by atoms with E-state index in [9.17, 15) is 0 Å². The van der Waals surface area contributed by atoms with Crippen LogP contribution in [0.15, 0.2) is 36.5 Å². The number of anilines is 1. The van der Waals surface area contributed by atoms with Crippen LogP contribution in [0, 0.1) is 6.92 Å². The molecule has 0 radical (unpaired) electrons. The van der Waals surface area contributed by atoms with Crippen LogP contribution in [0.2, 0.25) is 5.02 Å². The Hall–Kier alpha value is -1.58. The minimum absolute atomic E-state index is 0.0109. The smallest absolute Gasteiger partial charge is 0.128 e. The monoisotopic (exact) mass is 275 g/mol. The molecule has 1 aromatic carbocycles. The summed E-state index contributed by atoms with van der Waals surface area (Å²) in [7, 11) is 0. The van der Waals surface area contributed by atoms with Crippen LogP contribution < -0.4 is 11.1 Å². The lowest BCUT2D eigenvalue weighted by Gasteiger charge is -2.20. The van der Waals surface area contributed by atoms with Crippen molar-refractivity contribution in [3.63, 3.8) is 0 Å². The zero-order valence-electron chi connectivity index (χ0n) is 11.2. The molecule has 1 heterocycles. The molecule has 0 saturated carbocycles. The van der Waals surface area contributed by atoms with E-state index in [2.05, 4.69) is 48.4 Å². The molecule has 2 rings (SSSR count). The normalized spacial score (nSPS) is 12.4. The molecule has 2 aromatic rings. The van der Waals surface area contributed by atoms with E-state index in [4.69, 9.17) is 17.3 Å². The summed E-state index contributed by atoms with van der Waals surface area (Å²) in [6.07, 6.45) is 1.57. The summed E-state index contributed by atoms with van der Waals surface area (Å²) in [6, 6.07) is 10.3. The Balaban J connectivity index is 2.44. The Morgan fingerprint density at radius 3 is 2.63 bits per heavy atom. The predicted octanol–water partition coefficient (Wildman–Crippen LogP) is 3.32.